The number of amides is 1. The third kappa shape index (κ3) is 4.28. The number of aromatic amines is 1. The van der Waals surface area contributed by atoms with E-state index in [1.54, 1.807) is 0 Å². The first-order chi connectivity index (χ1) is 13.9. The molecule has 0 spiro atoms. The smallest absolute Gasteiger partial charge is 0.316 e. The van der Waals surface area contributed by atoms with E-state index in [1.165, 1.54) is 0 Å². The van der Waals surface area contributed by atoms with Crippen LogP contribution in [-0.2, 0) is 6.54 Å². The third-order valence-corrected chi connectivity index (χ3v) is 6.63. The molecule has 158 valence electrons. The minimum Gasteiger partial charge on any atom is -0.396 e. The number of carbonyl (C=O) groups is 1. The highest BCUT2D eigenvalue weighted by Gasteiger charge is 2.38. The number of likely N-dealkylation sites (tertiary alicyclic amines) is 1. The van der Waals surface area contributed by atoms with Crippen LogP contribution in [0.15, 0.2) is 24.4 Å². The fraction of sp³-hybridized carbons (Fsp3) is 0.619. The number of piperidine rings is 1. The molecular weight excluding hydrogens is 378 g/mol. The van der Waals surface area contributed by atoms with E-state index in [0.717, 1.165) is 41.9 Å². The van der Waals surface area contributed by atoms with Gasteiger partial charge < -0.3 is 15.3 Å². The normalized spacial score (nSPS) is 21.5. The number of hydrogen-bond donors (Lipinski definition) is 4. The standard InChI is InChI=1S/C21H28F2N4O2/c22-21(23)8-11-26(12-9-21)13-17-25-18(16-5-1-4-10-27(16)17)19(29)24-14-20(15-28)6-2-3-7-20/h1,4-5,10,28H,2-3,6-9,11-15H2,(H,24,29)/p+2. The van der Waals surface area contributed by atoms with Crippen LogP contribution in [-0.4, -0.2) is 48.2 Å². The van der Waals surface area contributed by atoms with Crippen molar-refractivity contribution in [3.63, 3.8) is 0 Å². The van der Waals surface area contributed by atoms with Gasteiger partial charge in [0.1, 0.15) is 0 Å². The van der Waals surface area contributed by atoms with Crippen molar-refractivity contribution in [1.29, 1.82) is 0 Å². The van der Waals surface area contributed by atoms with E-state index < -0.39 is 5.92 Å². The second-order valence-electron chi connectivity index (χ2n) is 8.73. The number of alkyl halides is 2. The Balaban J connectivity index is 1.50. The number of carbonyl (C=O) groups excluding carboxylic acids is 1. The quantitative estimate of drug-likeness (QED) is 0.535. The second-order valence-corrected chi connectivity index (χ2v) is 8.73. The molecule has 0 atom stereocenters. The first-order valence-corrected chi connectivity index (χ1v) is 10.5. The lowest BCUT2D eigenvalue weighted by atomic mass is 9.87. The van der Waals surface area contributed by atoms with E-state index in [0.29, 0.717) is 31.9 Å². The molecule has 0 unspecified atom stereocenters. The Morgan fingerprint density at radius 3 is 2.62 bits per heavy atom. The van der Waals surface area contributed by atoms with Crippen LogP contribution < -0.4 is 14.6 Å². The minimum atomic E-state index is -2.55. The molecule has 0 radical (unpaired) electrons. The van der Waals surface area contributed by atoms with Crippen LogP contribution in [0.4, 0.5) is 8.78 Å². The molecule has 3 heterocycles. The maximum atomic E-state index is 13.5. The van der Waals surface area contributed by atoms with Crippen molar-refractivity contribution in [2.24, 2.45) is 5.41 Å². The van der Waals surface area contributed by atoms with Gasteiger partial charge in [-0.25, -0.2) is 13.8 Å². The molecule has 29 heavy (non-hydrogen) atoms. The van der Waals surface area contributed by atoms with E-state index in [1.807, 2.05) is 28.8 Å². The largest absolute Gasteiger partial charge is 0.396 e. The van der Waals surface area contributed by atoms with Gasteiger partial charge in [0, 0.05) is 12.0 Å². The Kier molecular flexibility index (Phi) is 5.57. The number of hydrogen-bond acceptors (Lipinski definition) is 2. The van der Waals surface area contributed by atoms with Gasteiger partial charge in [-0.15, -0.1) is 0 Å². The molecule has 4 rings (SSSR count). The van der Waals surface area contributed by atoms with Crippen molar-refractivity contribution in [2.75, 3.05) is 26.2 Å². The van der Waals surface area contributed by atoms with Crippen LogP contribution in [0.3, 0.4) is 0 Å². The number of aliphatic hydroxyl groups is 1. The molecule has 1 aliphatic carbocycles. The fourth-order valence-corrected chi connectivity index (χ4v) is 4.71. The van der Waals surface area contributed by atoms with E-state index in [-0.39, 0.29) is 30.8 Å². The maximum absolute atomic E-state index is 13.5. The predicted molar refractivity (Wildman–Crippen MR) is 103 cm³/mol. The summed E-state index contributed by atoms with van der Waals surface area (Å²) in [5.74, 6) is -1.91. The molecule has 1 amide bonds. The molecule has 1 saturated carbocycles. The number of H-pyrrole nitrogens is 1. The van der Waals surface area contributed by atoms with E-state index >= 15 is 0 Å². The second kappa shape index (κ2) is 7.99. The number of quaternary nitrogens is 1. The summed E-state index contributed by atoms with van der Waals surface area (Å²) in [6.07, 6.45) is 5.72. The number of imidazole rings is 1. The Hall–Kier alpha value is -2.06. The highest BCUT2D eigenvalue weighted by Crippen LogP contribution is 2.36. The van der Waals surface area contributed by atoms with E-state index in [2.05, 4.69) is 10.3 Å². The number of aromatic nitrogens is 2. The zero-order valence-electron chi connectivity index (χ0n) is 16.6. The molecular formula is C21H30F2N4O2+2. The summed E-state index contributed by atoms with van der Waals surface area (Å²) in [6.45, 7) is 1.95. The Morgan fingerprint density at radius 1 is 1.21 bits per heavy atom. The van der Waals surface area contributed by atoms with Crippen molar-refractivity contribution in [1.82, 2.24) is 10.3 Å². The summed E-state index contributed by atoms with van der Waals surface area (Å²) in [6, 6.07) is 5.65. The van der Waals surface area contributed by atoms with Crippen molar-refractivity contribution in [2.45, 2.75) is 51.0 Å². The highest BCUT2D eigenvalue weighted by molar-refractivity contribution is 5.97. The van der Waals surface area contributed by atoms with E-state index in [9.17, 15) is 18.7 Å². The summed E-state index contributed by atoms with van der Waals surface area (Å²) in [5.41, 5.74) is 1.04. The van der Waals surface area contributed by atoms with Gasteiger partial charge in [-0.05, 0) is 25.0 Å². The first-order valence-electron chi connectivity index (χ1n) is 10.5. The number of aliphatic hydroxyl groups excluding tert-OH is 1. The highest BCUT2D eigenvalue weighted by atomic mass is 19.3. The molecule has 2 aliphatic rings. The van der Waals surface area contributed by atoms with Crippen molar-refractivity contribution < 1.29 is 28.0 Å². The molecule has 4 N–H and O–H groups in total. The lowest BCUT2D eigenvalue weighted by Crippen LogP contribution is -3.12. The molecule has 8 heteroatoms. The van der Waals surface area contributed by atoms with Crippen LogP contribution >= 0.6 is 0 Å². The first kappa shape index (κ1) is 20.2. The maximum Gasteiger partial charge on any atom is 0.316 e. The summed E-state index contributed by atoms with van der Waals surface area (Å²) in [5, 5.41) is 12.8. The average molecular weight is 408 g/mol. The molecule has 0 bridgehead atoms. The van der Waals surface area contributed by atoms with Gasteiger partial charge in [0.2, 0.25) is 5.69 Å². The van der Waals surface area contributed by atoms with Crippen LogP contribution in [0.2, 0.25) is 0 Å². The molecule has 1 saturated heterocycles. The van der Waals surface area contributed by atoms with Gasteiger partial charge in [0.05, 0.1) is 38.7 Å². The SMILES string of the molecule is O=C(NCC1(CO)CCCC1)c1[nH]c(C[NH+]2CCC(F)(F)CC2)[n+]2ccccc12. The number of rotatable bonds is 6. The predicted octanol–water partition coefficient (Wildman–Crippen LogP) is 0.850. The minimum absolute atomic E-state index is 0.0850. The Labute approximate surface area is 168 Å². The van der Waals surface area contributed by atoms with Gasteiger partial charge in [-0.1, -0.05) is 18.9 Å². The summed E-state index contributed by atoms with van der Waals surface area (Å²) in [7, 11) is 0. The van der Waals surface area contributed by atoms with E-state index in [4.69, 9.17) is 0 Å². The summed E-state index contributed by atoms with van der Waals surface area (Å²) >= 11 is 0. The van der Waals surface area contributed by atoms with Crippen molar-refractivity contribution >= 4 is 11.4 Å². The van der Waals surface area contributed by atoms with Crippen molar-refractivity contribution in [3.05, 3.63) is 35.9 Å². The molecule has 2 aromatic rings. The number of nitrogens with zero attached hydrogens (tertiary/aromatic N) is 1. The number of fused-ring (bicyclic) bond motifs is 1. The van der Waals surface area contributed by atoms with Gasteiger partial charge in [0.15, 0.2) is 12.1 Å². The van der Waals surface area contributed by atoms with Crippen molar-refractivity contribution in [3.8, 4) is 0 Å². The topological polar surface area (TPSA) is 73.7 Å². The zero-order chi connectivity index (χ0) is 20.5. The van der Waals surface area contributed by atoms with Gasteiger partial charge >= 0.3 is 5.82 Å². The summed E-state index contributed by atoms with van der Waals surface area (Å²) < 4.78 is 28.8. The van der Waals surface area contributed by atoms with Gasteiger partial charge in [0.25, 0.3) is 11.8 Å². The third-order valence-electron chi connectivity index (χ3n) is 6.63. The lowest BCUT2D eigenvalue weighted by molar-refractivity contribution is -0.927. The van der Waals surface area contributed by atoms with Crippen LogP contribution in [0.5, 0.6) is 0 Å². The molecule has 2 fully saturated rings. The van der Waals surface area contributed by atoms with Gasteiger partial charge in [-0.3, -0.25) is 4.79 Å². The zero-order valence-corrected chi connectivity index (χ0v) is 16.6. The molecule has 6 nitrogen and oxygen atoms in total. The monoisotopic (exact) mass is 408 g/mol. The lowest BCUT2D eigenvalue weighted by Gasteiger charge is -2.27. The number of nitrogens with one attached hydrogen (secondary N) is 3. The summed E-state index contributed by atoms with van der Waals surface area (Å²) in [4.78, 5) is 17.3. The van der Waals surface area contributed by atoms with Crippen LogP contribution in [0.25, 0.3) is 5.52 Å². The Bertz CT molecular complexity index is 867. The fourth-order valence-electron chi connectivity index (χ4n) is 4.71. The van der Waals surface area contributed by atoms with Gasteiger partial charge in [-0.2, -0.15) is 4.40 Å². The number of pyridine rings is 1. The van der Waals surface area contributed by atoms with Crippen LogP contribution in [0, 0.1) is 5.41 Å². The molecule has 1 aliphatic heterocycles. The number of halogens is 2. The average Bonchev–Trinajstić information content (AvgIpc) is 3.34. The molecule has 0 aromatic carbocycles. The molecule has 2 aromatic heterocycles. The van der Waals surface area contributed by atoms with Crippen LogP contribution in [0.1, 0.15) is 54.8 Å². The Morgan fingerprint density at radius 2 is 1.93 bits per heavy atom.